The van der Waals surface area contributed by atoms with Crippen LogP contribution in [0.2, 0.25) is 0 Å². The zero-order chi connectivity index (χ0) is 10.3. The lowest BCUT2D eigenvalue weighted by atomic mass is 10.3. The second-order valence-corrected chi connectivity index (χ2v) is 3.87. The van der Waals surface area contributed by atoms with Gasteiger partial charge in [-0.15, -0.1) is 0 Å². The van der Waals surface area contributed by atoms with Crippen LogP contribution in [0.5, 0.6) is 0 Å². The third kappa shape index (κ3) is 1.35. The summed E-state index contributed by atoms with van der Waals surface area (Å²) in [5, 5.41) is 4.72. The number of nitrogens with zero attached hydrogens (tertiary/aromatic N) is 3. The number of fused-ring (bicyclic) bond motifs is 1. The molecule has 1 atom stereocenters. The molecule has 1 aliphatic heterocycles. The summed E-state index contributed by atoms with van der Waals surface area (Å²) in [6.07, 6.45) is 4.49. The number of aromatic nitrogens is 2. The molecule has 1 fully saturated rings. The molecule has 0 bridgehead atoms. The summed E-state index contributed by atoms with van der Waals surface area (Å²) in [7, 11) is 0. The highest BCUT2D eigenvalue weighted by Crippen LogP contribution is 2.27. The first-order valence-electron chi connectivity index (χ1n) is 5.04. The van der Waals surface area contributed by atoms with Gasteiger partial charge in [0.1, 0.15) is 0 Å². The molecule has 1 saturated heterocycles. The van der Waals surface area contributed by atoms with Crippen LogP contribution in [-0.2, 0) is 0 Å². The fourth-order valence-corrected chi connectivity index (χ4v) is 2.05. The normalized spacial score (nSPS) is 21.4. The van der Waals surface area contributed by atoms with E-state index in [1.54, 1.807) is 12.4 Å². The average molecular weight is 204 g/mol. The number of hydrogen-bond donors (Lipinski definition) is 1. The molecule has 0 saturated carbocycles. The van der Waals surface area contributed by atoms with E-state index in [1.807, 2.05) is 6.07 Å². The van der Waals surface area contributed by atoms with Gasteiger partial charge >= 0.3 is 0 Å². The van der Waals surface area contributed by atoms with E-state index >= 15 is 0 Å². The van der Waals surface area contributed by atoms with Crippen LogP contribution >= 0.6 is 0 Å². The van der Waals surface area contributed by atoms with Crippen molar-refractivity contribution in [1.82, 2.24) is 10.1 Å². The van der Waals surface area contributed by atoms with Gasteiger partial charge in [-0.05, 0) is 12.5 Å². The molecule has 3 heterocycles. The summed E-state index contributed by atoms with van der Waals surface area (Å²) < 4.78 is 5.03. The summed E-state index contributed by atoms with van der Waals surface area (Å²) in [6, 6.07) is 2.26. The van der Waals surface area contributed by atoms with E-state index in [0.29, 0.717) is 5.71 Å². The number of anilines is 1. The summed E-state index contributed by atoms with van der Waals surface area (Å²) in [4.78, 5) is 6.36. The standard InChI is InChI=1S/C10H12N4O/c11-7-2-4-14(6-7)9-1-3-12-10-8(9)5-13-15-10/h1,3,5,7H,2,4,6,11H2. The van der Waals surface area contributed by atoms with Crippen molar-refractivity contribution in [3.8, 4) is 0 Å². The van der Waals surface area contributed by atoms with Crippen molar-refractivity contribution >= 4 is 16.8 Å². The molecule has 0 amide bonds. The molecule has 1 unspecified atom stereocenters. The van der Waals surface area contributed by atoms with Gasteiger partial charge in [0.05, 0.1) is 17.3 Å². The summed E-state index contributed by atoms with van der Waals surface area (Å²) >= 11 is 0. The first-order chi connectivity index (χ1) is 7.34. The molecule has 2 aromatic rings. The number of rotatable bonds is 1. The van der Waals surface area contributed by atoms with Crippen LogP contribution in [0, 0.1) is 0 Å². The van der Waals surface area contributed by atoms with Crippen molar-refractivity contribution in [2.75, 3.05) is 18.0 Å². The van der Waals surface area contributed by atoms with Gasteiger partial charge in [0.25, 0.3) is 5.71 Å². The average Bonchev–Trinajstić information content (AvgIpc) is 2.84. The summed E-state index contributed by atoms with van der Waals surface area (Å²) in [5.41, 5.74) is 7.60. The smallest absolute Gasteiger partial charge is 0.259 e. The quantitative estimate of drug-likeness (QED) is 0.742. The minimum atomic E-state index is 0.271. The van der Waals surface area contributed by atoms with E-state index < -0.39 is 0 Å². The largest absolute Gasteiger partial charge is 0.369 e. The van der Waals surface area contributed by atoms with Gasteiger partial charge in [-0.3, -0.25) is 0 Å². The van der Waals surface area contributed by atoms with Crippen LogP contribution in [0.25, 0.3) is 11.1 Å². The molecular formula is C10H12N4O. The lowest BCUT2D eigenvalue weighted by Crippen LogP contribution is -2.26. The van der Waals surface area contributed by atoms with Gasteiger partial charge in [0.15, 0.2) is 0 Å². The highest BCUT2D eigenvalue weighted by atomic mass is 16.5. The van der Waals surface area contributed by atoms with E-state index in [2.05, 4.69) is 15.0 Å². The van der Waals surface area contributed by atoms with Crippen molar-refractivity contribution in [3.05, 3.63) is 18.5 Å². The number of hydrogen-bond acceptors (Lipinski definition) is 5. The van der Waals surface area contributed by atoms with E-state index in [9.17, 15) is 0 Å². The lowest BCUT2D eigenvalue weighted by molar-refractivity contribution is 0.448. The van der Waals surface area contributed by atoms with Crippen LogP contribution in [0.1, 0.15) is 6.42 Å². The van der Waals surface area contributed by atoms with Gasteiger partial charge in [-0.25, -0.2) is 4.98 Å². The van der Waals surface area contributed by atoms with Crippen LogP contribution in [-0.4, -0.2) is 29.3 Å². The van der Waals surface area contributed by atoms with Crippen molar-refractivity contribution in [2.24, 2.45) is 5.73 Å². The van der Waals surface area contributed by atoms with Gasteiger partial charge in [0.2, 0.25) is 0 Å². The third-order valence-electron chi connectivity index (χ3n) is 2.82. The molecule has 5 heteroatoms. The maximum Gasteiger partial charge on any atom is 0.259 e. The van der Waals surface area contributed by atoms with Gasteiger partial charge < -0.3 is 15.2 Å². The van der Waals surface area contributed by atoms with Crippen molar-refractivity contribution < 1.29 is 4.52 Å². The second kappa shape index (κ2) is 3.20. The fraction of sp³-hybridized carbons (Fsp3) is 0.400. The molecule has 15 heavy (non-hydrogen) atoms. The molecule has 78 valence electrons. The topological polar surface area (TPSA) is 68.2 Å². The fourth-order valence-electron chi connectivity index (χ4n) is 2.05. The zero-order valence-electron chi connectivity index (χ0n) is 8.26. The molecule has 2 N–H and O–H groups in total. The minimum Gasteiger partial charge on any atom is -0.369 e. The van der Waals surface area contributed by atoms with E-state index in [4.69, 9.17) is 10.3 Å². The van der Waals surface area contributed by atoms with Crippen molar-refractivity contribution in [2.45, 2.75) is 12.5 Å². The predicted octanol–water partition coefficient (Wildman–Crippen LogP) is 0.760. The van der Waals surface area contributed by atoms with E-state index in [0.717, 1.165) is 30.6 Å². The predicted molar refractivity (Wildman–Crippen MR) is 56.6 cm³/mol. The monoisotopic (exact) mass is 204 g/mol. The molecule has 0 spiro atoms. The number of pyridine rings is 1. The highest BCUT2D eigenvalue weighted by molar-refractivity contribution is 5.87. The molecule has 3 rings (SSSR count). The maximum atomic E-state index is 5.89. The maximum absolute atomic E-state index is 5.89. The van der Waals surface area contributed by atoms with Crippen LogP contribution in [0.4, 0.5) is 5.69 Å². The molecule has 2 aromatic heterocycles. The van der Waals surface area contributed by atoms with Crippen LogP contribution in [0.3, 0.4) is 0 Å². The third-order valence-corrected chi connectivity index (χ3v) is 2.82. The summed E-state index contributed by atoms with van der Waals surface area (Å²) in [6.45, 7) is 1.88. The molecule has 5 nitrogen and oxygen atoms in total. The Labute approximate surface area is 86.9 Å². The Morgan fingerprint density at radius 3 is 3.27 bits per heavy atom. The Morgan fingerprint density at radius 2 is 2.47 bits per heavy atom. The second-order valence-electron chi connectivity index (χ2n) is 3.87. The highest BCUT2D eigenvalue weighted by Gasteiger charge is 2.21. The van der Waals surface area contributed by atoms with Crippen LogP contribution in [0.15, 0.2) is 23.0 Å². The molecular weight excluding hydrogens is 192 g/mol. The summed E-state index contributed by atoms with van der Waals surface area (Å²) in [5.74, 6) is 0. The van der Waals surface area contributed by atoms with E-state index in [1.165, 1.54) is 0 Å². The Balaban J connectivity index is 2.06. The lowest BCUT2D eigenvalue weighted by Gasteiger charge is -2.17. The molecule has 0 radical (unpaired) electrons. The van der Waals surface area contributed by atoms with Crippen molar-refractivity contribution in [1.29, 1.82) is 0 Å². The van der Waals surface area contributed by atoms with Gasteiger partial charge in [-0.2, -0.15) is 0 Å². The van der Waals surface area contributed by atoms with Crippen molar-refractivity contribution in [3.63, 3.8) is 0 Å². The Kier molecular flexibility index (Phi) is 1.85. The zero-order valence-corrected chi connectivity index (χ0v) is 8.26. The SMILES string of the molecule is NC1CCN(c2ccnc3oncc23)C1. The first-order valence-corrected chi connectivity index (χ1v) is 5.04. The van der Waals surface area contributed by atoms with E-state index in [-0.39, 0.29) is 6.04 Å². The molecule has 1 aliphatic rings. The number of nitrogens with two attached hydrogens (primary N) is 1. The Bertz CT molecular complexity index is 481. The Hall–Kier alpha value is -1.62. The molecule has 0 aromatic carbocycles. The van der Waals surface area contributed by atoms with Gasteiger partial charge in [0, 0.05) is 25.3 Å². The van der Waals surface area contributed by atoms with Crippen LogP contribution < -0.4 is 10.6 Å². The Morgan fingerprint density at radius 1 is 1.53 bits per heavy atom. The molecule has 0 aliphatic carbocycles. The first kappa shape index (κ1) is 8.67. The van der Waals surface area contributed by atoms with Gasteiger partial charge in [-0.1, -0.05) is 5.16 Å². The minimum absolute atomic E-state index is 0.271.